The van der Waals surface area contributed by atoms with Crippen molar-refractivity contribution in [2.75, 3.05) is 6.54 Å². The molecule has 20 heavy (non-hydrogen) atoms. The molecule has 1 saturated carbocycles. The highest BCUT2D eigenvalue weighted by atomic mass is 16.4. The van der Waals surface area contributed by atoms with E-state index in [0.29, 0.717) is 6.54 Å². The van der Waals surface area contributed by atoms with E-state index in [-0.39, 0.29) is 23.2 Å². The molecule has 5 nitrogen and oxygen atoms in total. The number of hydrogen-bond acceptors (Lipinski definition) is 3. The number of aromatic nitrogens is 1. The molecule has 5 heteroatoms. The topological polar surface area (TPSA) is 70.5 Å². The molecule has 0 radical (unpaired) electrons. The van der Waals surface area contributed by atoms with Crippen molar-refractivity contribution in [1.82, 2.24) is 9.88 Å². The second kappa shape index (κ2) is 6.50. The van der Waals surface area contributed by atoms with Crippen molar-refractivity contribution in [3.05, 3.63) is 29.6 Å². The van der Waals surface area contributed by atoms with Crippen molar-refractivity contribution in [2.45, 2.75) is 45.1 Å². The average molecular weight is 276 g/mol. The molecular formula is C15H20N2O3. The van der Waals surface area contributed by atoms with Crippen LogP contribution >= 0.6 is 0 Å². The summed E-state index contributed by atoms with van der Waals surface area (Å²) in [7, 11) is 0. The Kier molecular flexibility index (Phi) is 4.71. The minimum absolute atomic E-state index is 0.0215. The van der Waals surface area contributed by atoms with E-state index in [1.807, 2.05) is 6.92 Å². The van der Waals surface area contributed by atoms with Gasteiger partial charge in [-0.05, 0) is 31.9 Å². The second-order valence-electron chi connectivity index (χ2n) is 5.09. The molecule has 0 bridgehead atoms. The molecule has 1 aliphatic rings. The maximum atomic E-state index is 12.6. The van der Waals surface area contributed by atoms with Gasteiger partial charge in [-0.2, -0.15) is 0 Å². The van der Waals surface area contributed by atoms with Crippen LogP contribution in [0.3, 0.4) is 0 Å². The number of pyridine rings is 1. The van der Waals surface area contributed by atoms with Crippen LogP contribution in [0.1, 0.15) is 59.9 Å². The second-order valence-corrected chi connectivity index (χ2v) is 5.09. The molecule has 0 aliphatic heterocycles. The smallest absolute Gasteiger partial charge is 0.338 e. The zero-order valence-corrected chi connectivity index (χ0v) is 11.7. The highest BCUT2D eigenvalue weighted by molar-refractivity contribution is 6.03. The lowest BCUT2D eigenvalue weighted by Gasteiger charge is -2.33. The predicted molar refractivity (Wildman–Crippen MR) is 74.8 cm³/mol. The summed E-state index contributed by atoms with van der Waals surface area (Å²) in [6, 6.07) is 3.18. The van der Waals surface area contributed by atoms with E-state index in [9.17, 15) is 9.59 Å². The maximum Gasteiger partial charge on any atom is 0.338 e. The van der Waals surface area contributed by atoms with Crippen molar-refractivity contribution in [1.29, 1.82) is 0 Å². The van der Waals surface area contributed by atoms with Crippen LogP contribution in [0.15, 0.2) is 18.3 Å². The Balaban J connectivity index is 2.26. The lowest BCUT2D eigenvalue weighted by atomic mass is 9.94. The van der Waals surface area contributed by atoms with Gasteiger partial charge in [0.15, 0.2) is 0 Å². The molecule has 0 aromatic carbocycles. The zero-order valence-electron chi connectivity index (χ0n) is 11.7. The molecular weight excluding hydrogens is 256 g/mol. The summed E-state index contributed by atoms with van der Waals surface area (Å²) in [5.74, 6) is -1.38. The Morgan fingerprint density at radius 1 is 1.35 bits per heavy atom. The summed E-state index contributed by atoms with van der Waals surface area (Å²) in [6.45, 7) is 2.51. The summed E-state index contributed by atoms with van der Waals surface area (Å²) >= 11 is 0. The number of amides is 1. The van der Waals surface area contributed by atoms with Crippen molar-refractivity contribution in [3.8, 4) is 0 Å². The Bertz CT molecular complexity index is 496. The number of nitrogens with zero attached hydrogens (tertiary/aromatic N) is 2. The molecule has 1 amide bonds. The number of rotatable bonds is 4. The molecule has 1 aromatic rings. The van der Waals surface area contributed by atoms with Gasteiger partial charge < -0.3 is 10.0 Å². The van der Waals surface area contributed by atoms with Gasteiger partial charge in [0.05, 0.1) is 5.56 Å². The van der Waals surface area contributed by atoms with Crippen LogP contribution in [0.5, 0.6) is 0 Å². The first-order valence-electron chi connectivity index (χ1n) is 7.14. The SMILES string of the molecule is CCN(C(=O)c1ncccc1C(=O)O)C1CCCCC1. The molecule has 0 spiro atoms. The van der Waals surface area contributed by atoms with Gasteiger partial charge in [-0.25, -0.2) is 4.79 Å². The van der Waals surface area contributed by atoms with Gasteiger partial charge in [-0.3, -0.25) is 9.78 Å². The van der Waals surface area contributed by atoms with Crippen molar-refractivity contribution < 1.29 is 14.7 Å². The molecule has 0 atom stereocenters. The Hall–Kier alpha value is -1.91. The zero-order chi connectivity index (χ0) is 14.5. The van der Waals surface area contributed by atoms with Gasteiger partial charge in [-0.1, -0.05) is 19.3 Å². The summed E-state index contributed by atoms with van der Waals surface area (Å²) in [5.41, 5.74) is 0.0270. The van der Waals surface area contributed by atoms with Crippen molar-refractivity contribution in [2.24, 2.45) is 0 Å². The highest BCUT2D eigenvalue weighted by Crippen LogP contribution is 2.24. The molecule has 1 N–H and O–H groups in total. The third kappa shape index (κ3) is 2.98. The Labute approximate surface area is 118 Å². The van der Waals surface area contributed by atoms with Gasteiger partial charge in [0.25, 0.3) is 5.91 Å². The highest BCUT2D eigenvalue weighted by Gasteiger charge is 2.28. The molecule has 108 valence electrons. The van der Waals surface area contributed by atoms with Crippen LogP contribution in [-0.4, -0.2) is 39.5 Å². The molecule has 1 heterocycles. The summed E-state index contributed by atoms with van der Waals surface area (Å²) in [4.78, 5) is 29.6. The molecule has 1 fully saturated rings. The Morgan fingerprint density at radius 3 is 2.65 bits per heavy atom. The van der Waals surface area contributed by atoms with E-state index in [0.717, 1.165) is 25.7 Å². The van der Waals surface area contributed by atoms with Gasteiger partial charge in [0.1, 0.15) is 5.69 Å². The summed E-state index contributed by atoms with van der Waals surface area (Å²) in [5, 5.41) is 9.17. The first kappa shape index (κ1) is 14.5. The van der Waals surface area contributed by atoms with Crippen LogP contribution in [0.4, 0.5) is 0 Å². The van der Waals surface area contributed by atoms with Gasteiger partial charge in [0.2, 0.25) is 0 Å². The van der Waals surface area contributed by atoms with E-state index in [1.54, 1.807) is 4.90 Å². The van der Waals surface area contributed by atoms with E-state index >= 15 is 0 Å². The molecule has 0 saturated heterocycles. The fourth-order valence-corrected chi connectivity index (χ4v) is 2.84. The number of carboxylic acid groups (broad SMARTS) is 1. The normalized spacial score (nSPS) is 15.8. The van der Waals surface area contributed by atoms with Gasteiger partial charge in [0, 0.05) is 18.8 Å². The Morgan fingerprint density at radius 2 is 2.05 bits per heavy atom. The van der Waals surface area contributed by atoms with Crippen LogP contribution in [0.2, 0.25) is 0 Å². The number of carboxylic acids is 1. The monoisotopic (exact) mass is 276 g/mol. The minimum atomic E-state index is -1.11. The fourth-order valence-electron chi connectivity index (χ4n) is 2.84. The number of hydrogen-bond donors (Lipinski definition) is 1. The largest absolute Gasteiger partial charge is 0.478 e. The first-order chi connectivity index (χ1) is 9.65. The molecule has 2 rings (SSSR count). The lowest BCUT2D eigenvalue weighted by Crippen LogP contribution is -2.42. The first-order valence-corrected chi connectivity index (χ1v) is 7.14. The van der Waals surface area contributed by atoms with Crippen molar-refractivity contribution in [3.63, 3.8) is 0 Å². The van der Waals surface area contributed by atoms with Crippen LogP contribution in [-0.2, 0) is 0 Å². The quantitative estimate of drug-likeness (QED) is 0.917. The van der Waals surface area contributed by atoms with E-state index in [4.69, 9.17) is 5.11 Å². The standard InChI is InChI=1S/C15H20N2O3/c1-2-17(11-7-4-3-5-8-11)14(18)13-12(15(19)20)9-6-10-16-13/h6,9-11H,2-5,7-8H2,1H3,(H,19,20). The van der Waals surface area contributed by atoms with Crippen LogP contribution in [0.25, 0.3) is 0 Å². The maximum absolute atomic E-state index is 12.6. The third-order valence-electron chi connectivity index (χ3n) is 3.86. The molecule has 1 aromatic heterocycles. The third-order valence-corrected chi connectivity index (χ3v) is 3.86. The number of carbonyl (C=O) groups excluding carboxylic acids is 1. The summed E-state index contributed by atoms with van der Waals surface area (Å²) < 4.78 is 0. The van der Waals surface area contributed by atoms with Gasteiger partial charge >= 0.3 is 5.97 Å². The van der Waals surface area contributed by atoms with Crippen molar-refractivity contribution >= 4 is 11.9 Å². The van der Waals surface area contributed by atoms with Crippen LogP contribution < -0.4 is 0 Å². The van der Waals surface area contributed by atoms with E-state index < -0.39 is 5.97 Å². The molecule has 0 unspecified atom stereocenters. The predicted octanol–water partition coefficient (Wildman–Crippen LogP) is 2.57. The van der Waals surface area contributed by atoms with Gasteiger partial charge in [-0.15, -0.1) is 0 Å². The number of carbonyl (C=O) groups is 2. The van der Waals surface area contributed by atoms with Crippen LogP contribution in [0, 0.1) is 0 Å². The summed E-state index contributed by atoms with van der Waals surface area (Å²) in [6.07, 6.45) is 6.93. The molecule has 1 aliphatic carbocycles. The van der Waals surface area contributed by atoms with E-state index in [2.05, 4.69) is 4.98 Å². The fraction of sp³-hybridized carbons (Fsp3) is 0.533. The minimum Gasteiger partial charge on any atom is -0.478 e. The average Bonchev–Trinajstić information content (AvgIpc) is 2.49. The number of aromatic carboxylic acids is 1. The lowest BCUT2D eigenvalue weighted by molar-refractivity contribution is 0.0617. The van der Waals surface area contributed by atoms with E-state index in [1.165, 1.54) is 24.8 Å².